The van der Waals surface area contributed by atoms with Crippen LogP contribution in [0.4, 0.5) is 0 Å². The van der Waals surface area contributed by atoms with Gasteiger partial charge in [0.25, 0.3) is 0 Å². The lowest BCUT2D eigenvalue weighted by Gasteiger charge is -2.26. The fourth-order valence-electron chi connectivity index (χ4n) is 4.28. The van der Waals surface area contributed by atoms with Crippen LogP contribution in [0.15, 0.2) is 91.3 Å². The molecule has 0 spiro atoms. The van der Waals surface area contributed by atoms with E-state index in [1.807, 2.05) is 0 Å². The second-order valence-electron chi connectivity index (χ2n) is 8.48. The molecule has 0 saturated heterocycles. The van der Waals surface area contributed by atoms with E-state index >= 15 is 0 Å². The molecule has 5 rings (SSSR count). The molecule has 0 aliphatic rings. The maximum Gasteiger partial charge on any atom is 0.116 e. The van der Waals surface area contributed by atoms with E-state index in [4.69, 9.17) is 0 Å². The number of aromatic nitrogens is 2. The Morgan fingerprint density at radius 2 is 1.43 bits per heavy atom. The molecule has 0 bridgehead atoms. The van der Waals surface area contributed by atoms with E-state index in [1.165, 1.54) is 27.5 Å². The van der Waals surface area contributed by atoms with Crippen LogP contribution in [-0.4, -0.2) is 9.97 Å². The van der Waals surface area contributed by atoms with E-state index in [1.54, 1.807) is 6.33 Å². The van der Waals surface area contributed by atoms with E-state index in [9.17, 15) is 0 Å². The van der Waals surface area contributed by atoms with Crippen LogP contribution in [0.2, 0.25) is 0 Å². The Balaban J connectivity index is 1.68. The second-order valence-corrected chi connectivity index (χ2v) is 8.48. The number of rotatable bonds is 3. The van der Waals surface area contributed by atoms with Gasteiger partial charge < -0.3 is 0 Å². The van der Waals surface area contributed by atoms with Crippen molar-refractivity contribution in [2.75, 3.05) is 0 Å². The summed E-state index contributed by atoms with van der Waals surface area (Å²) >= 11 is 0. The quantitative estimate of drug-likeness (QED) is 0.308. The monoisotopic (exact) mass is 388 g/mol. The maximum absolute atomic E-state index is 4.69. The molecule has 2 heteroatoms. The van der Waals surface area contributed by atoms with Crippen LogP contribution in [0, 0.1) is 6.92 Å². The predicted molar refractivity (Wildman–Crippen MR) is 126 cm³/mol. The first-order chi connectivity index (χ1) is 14.5. The first-order valence-electron chi connectivity index (χ1n) is 10.3. The predicted octanol–water partition coefficient (Wildman–Crippen LogP) is 7.08. The van der Waals surface area contributed by atoms with Crippen molar-refractivity contribution in [3.05, 3.63) is 108 Å². The lowest BCUT2D eigenvalue weighted by Crippen LogP contribution is -2.18. The average Bonchev–Trinajstić information content (AvgIpc) is 2.79. The molecule has 0 aliphatic carbocycles. The number of hydrogen-bond donors (Lipinski definition) is 0. The molecule has 0 radical (unpaired) electrons. The standard InChI is InChI=1S/C28H24N2/c1-19-12-14-24-20(16-19)13-15-25-26(29-18-30-27(24)25)21-8-7-11-23(17-21)28(2,3)22-9-5-4-6-10-22/h4-18H,1-3H3. The van der Waals surface area contributed by atoms with Crippen LogP contribution < -0.4 is 0 Å². The van der Waals surface area contributed by atoms with E-state index in [-0.39, 0.29) is 5.41 Å². The third-order valence-corrected chi connectivity index (χ3v) is 6.13. The lowest BCUT2D eigenvalue weighted by molar-refractivity contribution is 0.641. The van der Waals surface area contributed by atoms with Gasteiger partial charge in [-0.1, -0.05) is 92.2 Å². The van der Waals surface area contributed by atoms with Crippen LogP contribution in [0.1, 0.15) is 30.5 Å². The zero-order valence-corrected chi connectivity index (χ0v) is 17.6. The summed E-state index contributed by atoms with van der Waals surface area (Å²) in [6.45, 7) is 6.67. The van der Waals surface area contributed by atoms with Gasteiger partial charge in [-0.25, -0.2) is 9.97 Å². The minimum absolute atomic E-state index is 0.0929. The van der Waals surface area contributed by atoms with E-state index in [0.717, 1.165) is 22.2 Å². The molecule has 1 aromatic heterocycles. The maximum atomic E-state index is 4.69. The fraction of sp³-hybridized carbons (Fsp3) is 0.143. The average molecular weight is 389 g/mol. The van der Waals surface area contributed by atoms with Gasteiger partial charge in [-0.2, -0.15) is 0 Å². The number of aryl methyl sites for hydroxylation is 1. The summed E-state index contributed by atoms with van der Waals surface area (Å²) in [5.74, 6) is 0. The minimum Gasteiger partial charge on any atom is -0.236 e. The van der Waals surface area contributed by atoms with Crippen molar-refractivity contribution in [1.82, 2.24) is 9.97 Å². The van der Waals surface area contributed by atoms with Crippen LogP contribution >= 0.6 is 0 Å². The first kappa shape index (κ1) is 18.5. The van der Waals surface area contributed by atoms with Crippen LogP contribution in [0.5, 0.6) is 0 Å². The van der Waals surface area contributed by atoms with Crippen molar-refractivity contribution in [1.29, 1.82) is 0 Å². The number of hydrogen-bond acceptors (Lipinski definition) is 2. The molecule has 146 valence electrons. The zero-order chi connectivity index (χ0) is 20.7. The molecule has 30 heavy (non-hydrogen) atoms. The molecule has 0 N–H and O–H groups in total. The number of fused-ring (bicyclic) bond motifs is 3. The summed E-state index contributed by atoms with van der Waals surface area (Å²) in [5.41, 5.74) is 6.84. The van der Waals surface area contributed by atoms with Gasteiger partial charge >= 0.3 is 0 Å². The van der Waals surface area contributed by atoms with Crippen LogP contribution in [-0.2, 0) is 5.41 Å². The SMILES string of the molecule is Cc1ccc2c(ccc3c(-c4cccc(C(C)(C)c5ccccc5)c4)ncnc32)c1. The Hall–Kier alpha value is -3.52. The van der Waals surface area contributed by atoms with Gasteiger partial charge in [-0.15, -0.1) is 0 Å². The zero-order valence-electron chi connectivity index (χ0n) is 17.6. The van der Waals surface area contributed by atoms with E-state index < -0.39 is 0 Å². The van der Waals surface area contributed by atoms with Gasteiger partial charge in [0.05, 0.1) is 11.2 Å². The van der Waals surface area contributed by atoms with Crippen LogP contribution in [0.3, 0.4) is 0 Å². The van der Waals surface area contributed by atoms with Gasteiger partial charge in [0.2, 0.25) is 0 Å². The minimum atomic E-state index is -0.0929. The molecule has 5 aromatic rings. The Kier molecular flexibility index (Phi) is 4.36. The topological polar surface area (TPSA) is 25.8 Å². The van der Waals surface area contributed by atoms with Gasteiger partial charge in [0.1, 0.15) is 6.33 Å². The van der Waals surface area contributed by atoms with Gasteiger partial charge in [-0.3, -0.25) is 0 Å². The molecule has 0 unspecified atom stereocenters. The van der Waals surface area contributed by atoms with Crippen molar-refractivity contribution < 1.29 is 0 Å². The van der Waals surface area contributed by atoms with E-state index in [0.29, 0.717) is 0 Å². The highest BCUT2D eigenvalue weighted by molar-refractivity contribution is 6.09. The summed E-state index contributed by atoms with van der Waals surface area (Å²) in [6, 6.07) is 30.3. The summed E-state index contributed by atoms with van der Waals surface area (Å²) < 4.78 is 0. The highest BCUT2D eigenvalue weighted by Crippen LogP contribution is 2.35. The highest BCUT2D eigenvalue weighted by Gasteiger charge is 2.23. The largest absolute Gasteiger partial charge is 0.236 e. The molecule has 4 aromatic carbocycles. The van der Waals surface area contributed by atoms with Crippen molar-refractivity contribution in [3.63, 3.8) is 0 Å². The molecule has 1 heterocycles. The second kappa shape index (κ2) is 7.07. The molecule has 2 nitrogen and oxygen atoms in total. The Labute approximate surface area is 177 Å². The summed E-state index contributed by atoms with van der Waals surface area (Å²) in [7, 11) is 0. The molecule has 0 atom stereocenters. The molecular formula is C28H24N2. The third kappa shape index (κ3) is 3.05. The summed E-state index contributed by atoms with van der Waals surface area (Å²) in [5, 5.41) is 3.47. The number of nitrogens with zero attached hydrogens (tertiary/aromatic N) is 2. The Bertz CT molecular complexity index is 1370. The van der Waals surface area contributed by atoms with Crippen molar-refractivity contribution in [3.8, 4) is 11.3 Å². The summed E-state index contributed by atoms with van der Waals surface area (Å²) in [6.07, 6.45) is 1.69. The van der Waals surface area contributed by atoms with E-state index in [2.05, 4.69) is 116 Å². The highest BCUT2D eigenvalue weighted by atomic mass is 14.8. The first-order valence-corrected chi connectivity index (χ1v) is 10.3. The molecule has 0 amide bonds. The van der Waals surface area contributed by atoms with Crippen molar-refractivity contribution in [2.45, 2.75) is 26.2 Å². The lowest BCUT2D eigenvalue weighted by atomic mass is 9.77. The summed E-state index contributed by atoms with van der Waals surface area (Å²) in [4.78, 5) is 9.32. The van der Waals surface area contributed by atoms with Gasteiger partial charge in [-0.05, 0) is 35.6 Å². The Morgan fingerprint density at radius 1 is 0.667 bits per heavy atom. The van der Waals surface area contributed by atoms with Crippen molar-refractivity contribution in [2.24, 2.45) is 0 Å². The Morgan fingerprint density at radius 3 is 2.27 bits per heavy atom. The smallest absolute Gasteiger partial charge is 0.116 e. The van der Waals surface area contributed by atoms with Crippen LogP contribution in [0.25, 0.3) is 32.9 Å². The molecular weight excluding hydrogens is 364 g/mol. The normalized spacial score (nSPS) is 11.8. The molecule has 0 aliphatic heterocycles. The molecule has 0 fully saturated rings. The number of benzene rings is 4. The fourth-order valence-corrected chi connectivity index (χ4v) is 4.28. The molecule has 0 saturated carbocycles. The van der Waals surface area contributed by atoms with Gasteiger partial charge in [0.15, 0.2) is 0 Å². The van der Waals surface area contributed by atoms with Gasteiger partial charge in [0, 0.05) is 21.8 Å². The van der Waals surface area contributed by atoms with Crippen molar-refractivity contribution >= 4 is 21.7 Å². The third-order valence-electron chi connectivity index (χ3n) is 6.13.